The molecular weight excluding hydrogens is 286 g/mol. The molecule has 0 bridgehead atoms. The number of hydrogen-bond acceptors (Lipinski definition) is 3. The number of aliphatic imine (C=N–C) groups is 2. The fourth-order valence-electron chi connectivity index (χ4n) is 3.12. The summed E-state index contributed by atoms with van der Waals surface area (Å²) in [4.78, 5) is 12.5. The number of aromatic amines is 1. The van der Waals surface area contributed by atoms with Crippen LogP contribution in [0.3, 0.4) is 0 Å². The Morgan fingerprint density at radius 1 is 1.17 bits per heavy atom. The van der Waals surface area contributed by atoms with Gasteiger partial charge in [0.05, 0.1) is 12.4 Å². The molecule has 1 aromatic heterocycles. The highest BCUT2D eigenvalue weighted by Crippen LogP contribution is 2.36. The number of amidine groups is 1. The van der Waals surface area contributed by atoms with Crippen LogP contribution < -0.4 is 5.84 Å². The van der Waals surface area contributed by atoms with E-state index in [0.29, 0.717) is 0 Å². The molecule has 0 amide bonds. The summed E-state index contributed by atoms with van der Waals surface area (Å²) in [5.41, 5.74) is 4.85. The first-order valence-electron chi connectivity index (χ1n) is 7.45. The maximum Gasteiger partial charge on any atom is 0.281 e. The third kappa shape index (κ3) is 1.63. The highest BCUT2D eigenvalue weighted by atomic mass is 15.6. The second-order valence-corrected chi connectivity index (χ2v) is 5.77. The second-order valence-electron chi connectivity index (χ2n) is 5.77. The SMILES string of the molecule is N[N+]12C=CN=CC1=C(C1=CC=C1)N=C2c1cc2ccccc2[nH]1. The van der Waals surface area contributed by atoms with Crippen molar-refractivity contribution in [2.24, 2.45) is 15.8 Å². The number of aromatic nitrogens is 1. The highest BCUT2D eigenvalue weighted by Gasteiger charge is 2.45. The Kier molecular flexibility index (Phi) is 2.31. The van der Waals surface area contributed by atoms with Crippen molar-refractivity contribution in [3.63, 3.8) is 0 Å². The molecule has 110 valence electrons. The molecule has 1 unspecified atom stereocenters. The van der Waals surface area contributed by atoms with Gasteiger partial charge in [0, 0.05) is 16.5 Å². The molecule has 0 saturated carbocycles. The Morgan fingerprint density at radius 3 is 2.83 bits per heavy atom. The lowest BCUT2D eigenvalue weighted by Gasteiger charge is -2.25. The van der Waals surface area contributed by atoms with Crippen LogP contribution in [0.25, 0.3) is 10.9 Å². The van der Waals surface area contributed by atoms with Gasteiger partial charge in [0.1, 0.15) is 17.6 Å². The second kappa shape index (κ2) is 4.25. The van der Waals surface area contributed by atoms with E-state index >= 15 is 0 Å². The van der Waals surface area contributed by atoms with Crippen LogP contribution >= 0.6 is 0 Å². The molecule has 2 aromatic rings. The predicted octanol–water partition coefficient (Wildman–Crippen LogP) is 2.88. The smallest absolute Gasteiger partial charge is 0.281 e. The lowest BCUT2D eigenvalue weighted by atomic mass is 10.0. The molecule has 1 aromatic carbocycles. The largest absolute Gasteiger partial charge is 0.349 e. The van der Waals surface area contributed by atoms with E-state index in [2.05, 4.69) is 28.2 Å². The molecule has 5 rings (SSSR count). The number of hydrogen-bond donors (Lipinski definition) is 2. The van der Waals surface area contributed by atoms with E-state index in [4.69, 9.17) is 10.8 Å². The van der Waals surface area contributed by atoms with E-state index < -0.39 is 0 Å². The van der Waals surface area contributed by atoms with Crippen LogP contribution in [0.1, 0.15) is 5.69 Å². The third-order valence-electron chi connectivity index (χ3n) is 4.39. The van der Waals surface area contributed by atoms with Gasteiger partial charge < -0.3 is 4.98 Å². The first-order valence-corrected chi connectivity index (χ1v) is 7.45. The number of H-pyrrole nitrogens is 1. The summed E-state index contributed by atoms with van der Waals surface area (Å²) in [6.45, 7) is 0. The van der Waals surface area contributed by atoms with E-state index in [1.54, 1.807) is 12.4 Å². The van der Waals surface area contributed by atoms with Crippen LogP contribution in [0.5, 0.6) is 0 Å². The molecule has 0 fully saturated rings. The van der Waals surface area contributed by atoms with Crippen LogP contribution in [-0.2, 0) is 0 Å². The fourth-order valence-corrected chi connectivity index (χ4v) is 3.12. The van der Waals surface area contributed by atoms with Crippen molar-refractivity contribution in [1.82, 2.24) is 4.98 Å². The first-order chi connectivity index (χ1) is 11.3. The van der Waals surface area contributed by atoms with Gasteiger partial charge in [-0.05, 0) is 12.1 Å². The molecule has 3 N–H and O–H groups in total. The summed E-state index contributed by atoms with van der Waals surface area (Å²) >= 11 is 0. The Balaban J connectivity index is 1.71. The Labute approximate surface area is 132 Å². The van der Waals surface area contributed by atoms with E-state index in [1.807, 2.05) is 36.6 Å². The van der Waals surface area contributed by atoms with Gasteiger partial charge in [-0.15, -0.1) is 4.59 Å². The van der Waals surface area contributed by atoms with Crippen molar-refractivity contribution in [3.8, 4) is 0 Å². The summed E-state index contributed by atoms with van der Waals surface area (Å²) in [6, 6.07) is 10.3. The van der Waals surface area contributed by atoms with Gasteiger partial charge in [-0.25, -0.2) is 0 Å². The van der Waals surface area contributed by atoms with Crippen molar-refractivity contribution < 1.29 is 4.59 Å². The van der Waals surface area contributed by atoms with Crippen molar-refractivity contribution in [3.05, 3.63) is 83.6 Å². The van der Waals surface area contributed by atoms with Crippen LogP contribution in [0.15, 0.2) is 87.9 Å². The van der Waals surface area contributed by atoms with Gasteiger partial charge in [0.2, 0.25) is 5.70 Å². The monoisotopic (exact) mass is 300 g/mol. The van der Waals surface area contributed by atoms with Crippen LogP contribution in [-0.4, -0.2) is 21.6 Å². The Hall–Kier alpha value is -3.02. The van der Waals surface area contributed by atoms with Crippen molar-refractivity contribution in [2.75, 3.05) is 0 Å². The van der Waals surface area contributed by atoms with Gasteiger partial charge >= 0.3 is 0 Å². The molecule has 3 heterocycles. The summed E-state index contributed by atoms with van der Waals surface area (Å²) in [6.07, 6.45) is 11.4. The molecule has 1 aliphatic carbocycles. The number of nitrogens with one attached hydrogen (secondary N) is 1. The number of para-hydroxylation sites is 1. The van der Waals surface area contributed by atoms with E-state index in [9.17, 15) is 0 Å². The van der Waals surface area contributed by atoms with Crippen LogP contribution in [0, 0.1) is 0 Å². The third-order valence-corrected chi connectivity index (χ3v) is 4.39. The van der Waals surface area contributed by atoms with Gasteiger partial charge in [-0.1, -0.05) is 36.4 Å². The Morgan fingerprint density at radius 2 is 2.04 bits per heavy atom. The molecule has 3 aliphatic rings. The lowest BCUT2D eigenvalue weighted by molar-refractivity contribution is -0.750. The molecular formula is C18H14N5+. The van der Waals surface area contributed by atoms with Crippen molar-refractivity contribution in [1.29, 1.82) is 0 Å². The molecule has 5 heteroatoms. The van der Waals surface area contributed by atoms with Gasteiger partial charge in [-0.3, -0.25) is 4.99 Å². The topological polar surface area (TPSA) is 66.5 Å². The van der Waals surface area contributed by atoms with E-state index in [0.717, 1.165) is 39.4 Å². The van der Waals surface area contributed by atoms with Crippen LogP contribution in [0.2, 0.25) is 0 Å². The summed E-state index contributed by atoms with van der Waals surface area (Å²) < 4.78 is 0.0385. The fraction of sp³-hybridized carbons (Fsp3) is 0. The number of quaternary nitrogens is 1. The summed E-state index contributed by atoms with van der Waals surface area (Å²) in [5.74, 6) is 7.44. The molecule has 0 saturated heterocycles. The molecule has 0 radical (unpaired) electrons. The van der Waals surface area contributed by atoms with E-state index in [-0.39, 0.29) is 4.59 Å². The van der Waals surface area contributed by atoms with Gasteiger partial charge in [0.25, 0.3) is 5.84 Å². The lowest BCUT2D eigenvalue weighted by Crippen LogP contribution is -2.53. The molecule has 1 atom stereocenters. The minimum Gasteiger partial charge on any atom is -0.349 e. The minimum absolute atomic E-state index is 0.0385. The predicted molar refractivity (Wildman–Crippen MR) is 91.2 cm³/mol. The zero-order valence-electron chi connectivity index (χ0n) is 12.3. The zero-order chi connectivity index (χ0) is 15.4. The summed E-state index contributed by atoms with van der Waals surface area (Å²) in [7, 11) is 0. The number of nitrogens with zero attached hydrogens (tertiary/aromatic N) is 3. The Bertz CT molecular complexity index is 996. The van der Waals surface area contributed by atoms with Crippen LogP contribution in [0.4, 0.5) is 0 Å². The number of nitrogens with two attached hydrogens (primary N) is 1. The quantitative estimate of drug-likeness (QED) is 0.650. The maximum atomic E-state index is 6.67. The number of fused-ring (bicyclic) bond motifs is 2. The van der Waals surface area contributed by atoms with Crippen molar-refractivity contribution >= 4 is 23.0 Å². The molecule has 5 nitrogen and oxygen atoms in total. The highest BCUT2D eigenvalue weighted by molar-refractivity contribution is 6.03. The number of benzene rings is 1. The average molecular weight is 300 g/mol. The first kappa shape index (κ1) is 12.5. The molecule has 2 aliphatic heterocycles. The molecule has 23 heavy (non-hydrogen) atoms. The number of allylic oxidation sites excluding steroid dienone is 4. The normalized spacial score (nSPS) is 24.7. The van der Waals surface area contributed by atoms with Gasteiger partial charge in [0.15, 0.2) is 0 Å². The minimum atomic E-state index is 0.0385. The standard InChI is InChI=1S/C18H14N5/c19-23-9-8-20-11-16(23)17(12-5-3-6-12)22-18(23)15-10-13-4-1-2-7-14(13)21-15/h1-11,21H,19H2/q+1. The van der Waals surface area contributed by atoms with Crippen molar-refractivity contribution in [2.45, 2.75) is 0 Å². The summed E-state index contributed by atoms with van der Waals surface area (Å²) in [5, 5.41) is 1.14. The van der Waals surface area contributed by atoms with Gasteiger partial charge in [-0.2, -0.15) is 10.8 Å². The molecule has 0 spiro atoms. The zero-order valence-corrected chi connectivity index (χ0v) is 12.3. The van der Waals surface area contributed by atoms with E-state index in [1.165, 1.54) is 0 Å². The number of rotatable bonds is 2. The maximum absolute atomic E-state index is 6.67. The average Bonchev–Trinajstić information content (AvgIpc) is 3.04.